The van der Waals surface area contributed by atoms with Gasteiger partial charge in [0, 0.05) is 9.35 Å². The largest absolute Gasteiger partial charge is 0.476 e. The van der Waals surface area contributed by atoms with Gasteiger partial charge in [0.15, 0.2) is 10.8 Å². The minimum absolute atomic E-state index is 0.120. The molecule has 0 aliphatic heterocycles. The van der Waals surface area contributed by atoms with Crippen LogP contribution in [-0.2, 0) is 6.18 Å². The Labute approximate surface area is 129 Å². The number of hydrogen-bond acceptors (Lipinski definition) is 4. The number of halogens is 4. The van der Waals surface area contributed by atoms with Crippen LogP contribution in [0.1, 0.15) is 20.9 Å². The normalized spacial score (nSPS) is 11.5. The van der Waals surface area contributed by atoms with Gasteiger partial charge in [-0.15, -0.1) is 11.3 Å². The second kappa shape index (κ2) is 5.64. The van der Waals surface area contributed by atoms with Crippen LogP contribution in [0.4, 0.5) is 24.0 Å². The first kappa shape index (κ1) is 15.8. The molecule has 2 N–H and O–H groups in total. The topological polar surface area (TPSA) is 62.2 Å². The summed E-state index contributed by atoms with van der Waals surface area (Å²) in [5, 5.41) is 11.8. The number of aryl methyl sites for hydroxylation is 1. The molecule has 0 radical (unpaired) electrons. The van der Waals surface area contributed by atoms with Gasteiger partial charge >= 0.3 is 12.1 Å². The number of rotatable bonds is 3. The van der Waals surface area contributed by atoms with Crippen molar-refractivity contribution in [3.05, 3.63) is 38.8 Å². The third-order valence-corrected chi connectivity index (χ3v) is 4.11. The monoisotopic (exact) mass is 380 g/mol. The summed E-state index contributed by atoms with van der Waals surface area (Å²) in [4.78, 5) is 15.2. The number of alkyl halides is 3. The van der Waals surface area contributed by atoms with Crippen molar-refractivity contribution in [2.75, 3.05) is 5.32 Å². The van der Waals surface area contributed by atoms with Gasteiger partial charge in [-0.25, -0.2) is 9.78 Å². The Morgan fingerprint density at radius 3 is 2.62 bits per heavy atom. The van der Waals surface area contributed by atoms with Gasteiger partial charge in [-0.3, -0.25) is 0 Å². The van der Waals surface area contributed by atoms with Gasteiger partial charge in [-0.05, 0) is 41.1 Å². The summed E-state index contributed by atoms with van der Waals surface area (Å²) in [6, 6.07) is 3.15. The number of thiazole rings is 1. The molecule has 1 aromatic heterocycles. The average Bonchev–Trinajstić information content (AvgIpc) is 2.72. The number of carbonyl (C=O) groups is 1. The fourth-order valence-electron chi connectivity index (χ4n) is 1.56. The van der Waals surface area contributed by atoms with E-state index in [1.54, 1.807) is 6.92 Å². The first-order valence-electron chi connectivity index (χ1n) is 5.53. The van der Waals surface area contributed by atoms with E-state index in [9.17, 15) is 18.0 Å². The van der Waals surface area contributed by atoms with Crippen molar-refractivity contribution in [2.24, 2.45) is 0 Å². The fourth-order valence-corrected chi connectivity index (χ4v) is 2.72. The number of aromatic nitrogens is 1. The molecule has 0 saturated carbocycles. The molecule has 112 valence electrons. The molecule has 0 unspecified atom stereocenters. The highest BCUT2D eigenvalue weighted by molar-refractivity contribution is 9.10. The molecule has 9 heteroatoms. The number of nitrogens with one attached hydrogen (secondary N) is 1. The maximum absolute atomic E-state index is 12.7. The van der Waals surface area contributed by atoms with Crippen LogP contribution in [0.2, 0.25) is 0 Å². The molecule has 2 aromatic rings. The average molecular weight is 381 g/mol. The van der Waals surface area contributed by atoms with Crippen LogP contribution < -0.4 is 5.32 Å². The van der Waals surface area contributed by atoms with Crippen molar-refractivity contribution in [1.29, 1.82) is 0 Å². The van der Waals surface area contributed by atoms with Crippen LogP contribution in [0.3, 0.4) is 0 Å². The number of aromatic carboxylic acids is 1. The maximum atomic E-state index is 12.7. The lowest BCUT2D eigenvalue weighted by Crippen LogP contribution is -2.05. The summed E-state index contributed by atoms with van der Waals surface area (Å²) in [6.07, 6.45) is -4.46. The van der Waals surface area contributed by atoms with Crippen molar-refractivity contribution in [2.45, 2.75) is 13.1 Å². The molecule has 0 aliphatic carbocycles. The number of nitrogens with zero attached hydrogens (tertiary/aromatic N) is 1. The lowest BCUT2D eigenvalue weighted by Gasteiger charge is -2.11. The molecule has 21 heavy (non-hydrogen) atoms. The standard InChI is InChI=1S/C12H8BrF3N2O2S/c1-5-9(10(19)20)18-11(21-5)17-8-4-6(12(14,15)16)2-3-7(8)13/h2-4H,1H3,(H,17,18)(H,19,20). The van der Waals surface area contributed by atoms with Gasteiger partial charge in [0.05, 0.1) is 11.3 Å². The van der Waals surface area contributed by atoms with E-state index >= 15 is 0 Å². The van der Waals surface area contributed by atoms with Crippen LogP contribution in [0, 0.1) is 6.92 Å². The highest BCUT2D eigenvalue weighted by atomic mass is 79.9. The molecular weight excluding hydrogens is 373 g/mol. The fraction of sp³-hybridized carbons (Fsp3) is 0.167. The Balaban J connectivity index is 2.35. The predicted octanol–water partition coefficient (Wildman–Crippen LogP) is 4.67. The highest BCUT2D eigenvalue weighted by Crippen LogP contribution is 2.36. The van der Waals surface area contributed by atoms with Crippen LogP contribution in [0.25, 0.3) is 0 Å². The summed E-state index contributed by atoms with van der Waals surface area (Å²) in [6.45, 7) is 1.58. The molecule has 0 amide bonds. The van der Waals surface area contributed by atoms with Gasteiger partial charge in [-0.2, -0.15) is 13.2 Å². The number of carboxylic acid groups (broad SMARTS) is 1. The van der Waals surface area contributed by atoms with Gasteiger partial charge in [0.25, 0.3) is 0 Å². The molecular formula is C12H8BrF3N2O2S. The van der Waals surface area contributed by atoms with E-state index in [0.717, 1.165) is 23.5 Å². The molecule has 4 nitrogen and oxygen atoms in total. The maximum Gasteiger partial charge on any atom is 0.416 e. The Kier molecular flexibility index (Phi) is 4.24. The molecule has 0 saturated heterocycles. The van der Waals surface area contributed by atoms with E-state index in [-0.39, 0.29) is 16.5 Å². The third kappa shape index (κ3) is 3.53. The first-order chi connectivity index (χ1) is 9.68. The van der Waals surface area contributed by atoms with Crippen molar-refractivity contribution in [3.63, 3.8) is 0 Å². The third-order valence-electron chi connectivity index (χ3n) is 2.53. The zero-order chi connectivity index (χ0) is 15.8. The zero-order valence-electron chi connectivity index (χ0n) is 10.5. The molecule has 0 bridgehead atoms. The van der Waals surface area contributed by atoms with Crippen molar-refractivity contribution >= 4 is 44.1 Å². The quantitative estimate of drug-likeness (QED) is 0.811. The summed E-state index contributed by atoms with van der Waals surface area (Å²) >= 11 is 4.19. The summed E-state index contributed by atoms with van der Waals surface area (Å²) in [5.41, 5.74) is -0.763. The second-order valence-corrected chi connectivity index (χ2v) is 6.10. The SMILES string of the molecule is Cc1sc(Nc2cc(C(F)(F)F)ccc2Br)nc1C(=O)O. The van der Waals surface area contributed by atoms with E-state index in [4.69, 9.17) is 5.11 Å². The van der Waals surface area contributed by atoms with Crippen LogP contribution >= 0.6 is 27.3 Å². The van der Waals surface area contributed by atoms with Crippen LogP contribution in [-0.4, -0.2) is 16.1 Å². The van der Waals surface area contributed by atoms with Crippen molar-refractivity contribution in [3.8, 4) is 0 Å². The number of hydrogen-bond donors (Lipinski definition) is 2. The van der Waals surface area contributed by atoms with E-state index in [1.807, 2.05) is 0 Å². The molecule has 0 atom stereocenters. The first-order valence-corrected chi connectivity index (χ1v) is 7.14. The van der Waals surface area contributed by atoms with Gasteiger partial charge in [-0.1, -0.05) is 0 Å². The van der Waals surface area contributed by atoms with Crippen molar-refractivity contribution in [1.82, 2.24) is 4.98 Å². The van der Waals surface area contributed by atoms with Gasteiger partial charge in [0.2, 0.25) is 0 Å². The number of benzene rings is 1. The molecule has 1 aromatic carbocycles. The Bertz CT molecular complexity index is 700. The zero-order valence-corrected chi connectivity index (χ0v) is 12.9. The highest BCUT2D eigenvalue weighted by Gasteiger charge is 2.31. The number of carboxylic acids is 1. The Hall–Kier alpha value is -1.61. The minimum atomic E-state index is -4.46. The predicted molar refractivity (Wildman–Crippen MR) is 76.2 cm³/mol. The van der Waals surface area contributed by atoms with Crippen molar-refractivity contribution < 1.29 is 23.1 Å². The molecule has 0 fully saturated rings. The Morgan fingerprint density at radius 1 is 1.43 bits per heavy atom. The molecule has 0 aliphatic rings. The summed E-state index contributed by atoms with van der Waals surface area (Å²) < 4.78 is 38.5. The van der Waals surface area contributed by atoms with Crippen LogP contribution in [0.5, 0.6) is 0 Å². The Morgan fingerprint density at radius 2 is 2.10 bits per heavy atom. The molecule has 0 spiro atoms. The van der Waals surface area contributed by atoms with E-state index in [1.165, 1.54) is 6.07 Å². The number of anilines is 2. The van der Waals surface area contributed by atoms with E-state index < -0.39 is 17.7 Å². The second-order valence-electron chi connectivity index (χ2n) is 4.05. The van der Waals surface area contributed by atoms with E-state index in [0.29, 0.717) is 9.35 Å². The van der Waals surface area contributed by atoms with Gasteiger partial charge < -0.3 is 10.4 Å². The minimum Gasteiger partial charge on any atom is -0.476 e. The lowest BCUT2D eigenvalue weighted by molar-refractivity contribution is -0.137. The summed E-state index contributed by atoms with van der Waals surface area (Å²) in [5.74, 6) is -1.18. The lowest BCUT2D eigenvalue weighted by atomic mass is 10.2. The molecule has 2 rings (SSSR count). The van der Waals surface area contributed by atoms with E-state index in [2.05, 4.69) is 26.2 Å². The van der Waals surface area contributed by atoms with Gasteiger partial charge in [0.1, 0.15) is 0 Å². The smallest absolute Gasteiger partial charge is 0.416 e. The van der Waals surface area contributed by atoms with Crippen LogP contribution in [0.15, 0.2) is 22.7 Å². The summed E-state index contributed by atoms with van der Waals surface area (Å²) in [7, 11) is 0. The molecule has 1 heterocycles.